The molecular formula is C16H18FN3O2. The normalized spacial score (nSPS) is 10.5. The Morgan fingerprint density at radius 3 is 2.77 bits per heavy atom. The van der Waals surface area contributed by atoms with Crippen LogP contribution in [0.4, 0.5) is 10.1 Å². The maximum Gasteiger partial charge on any atom is 0.256 e. The molecule has 1 aromatic carbocycles. The zero-order chi connectivity index (χ0) is 16.3. The topological polar surface area (TPSA) is 64.0 Å². The standard InChI is InChI=1S/C16H18FN3O2/c1-10-4-5-13(17)8-14(10)19-15(21)6-7-20-9-18-12(3)11(2)16(20)22/h4-5,8-9H,6-7H2,1-3H3,(H,19,21). The number of nitrogens with zero attached hydrogens (tertiary/aromatic N) is 2. The molecule has 0 radical (unpaired) electrons. The number of anilines is 1. The van der Waals surface area contributed by atoms with Gasteiger partial charge in [-0.3, -0.25) is 14.2 Å². The molecule has 1 N–H and O–H groups in total. The van der Waals surface area contributed by atoms with E-state index in [0.29, 0.717) is 16.9 Å². The van der Waals surface area contributed by atoms with Gasteiger partial charge in [0.2, 0.25) is 5.91 Å². The Morgan fingerprint density at radius 2 is 2.05 bits per heavy atom. The molecule has 0 aliphatic rings. The number of benzene rings is 1. The van der Waals surface area contributed by atoms with E-state index < -0.39 is 5.82 Å². The van der Waals surface area contributed by atoms with Crippen molar-refractivity contribution >= 4 is 11.6 Å². The zero-order valence-corrected chi connectivity index (χ0v) is 12.8. The summed E-state index contributed by atoms with van der Waals surface area (Å²) in [5.74, 6) is -0.686. The van der Waals surface area contributed by atoms with Crippen LogP contribution in [0.2, 0.25) is 0 Å². The lowest BCUT2D eigenvalue weighted by Crippen LogP contribution is -2.26. The number of nitrogens with one attached hydrogen (secondary N) is 1. The molecule has 1 amide bonds. The molecule has 116 valence electrons. The molecule has 0 spiro atoms. The molecule has 0 bridgehead atoms. The van der Waals surface area contributed by atoms with Crippen molar-refractivity contribution in [3.63, 3.8) is 0 Å². The van der Waals surface area contributed by atoms with Crippen molar-refractivity contribution in [2.45, 2.75) is 33.7 Å². The number of carbonyl (C=O) groups is 1. The predicted octanol–water partition coefficient (Wildman–Crippen LogP) is 2.34. The van der Waals surface area contributed by atoms with Crippen molar-refractivity contribution in [2.24, 2.45) is 0 Å². The summed E-state index contributed by atoms with van der Waals surface area (Å²) in [5.41, 5.74) is 2.32. The van der Waals surface area contributed by atoms with Gasteiger partial charge in [-0.2, -0.15) is 0 Å². The van der Waals surface area contributed by atoms with E-state index in [1.165, 1.54) is 23.0 Å². The third-order valence-electron chi connectivity index (χ3n) is 3.57. The van der Waals surface area contributed by atoms with Crippen molar-refractivity contribution in [3.8, 4) is 0 Å². The van der Waals surface area contributed by atoms with E-state index in [-0.39, 0.29) is 24.4 Å². The van der Waals surface area contributed by atoms with Gasteiger partial charge in [0, 0.05) is 29.9 Å². The number of aryl methyl sites for hydroxylation is 3. The Kier molecular flexibility index (Phi) is 4.70. The van der Waals surface area contributed by atoms with Gasteiger partial charge >= 0.3 is 0 Å². The highest BCUT2D eigenvalue weighted by Crippen LogP contribution is 2.16. The van der Waals surface area contributed by atoms with Crippen LogP contribution in [0.3, 0.4) is 0 Å². The van der Waals surface area contributed by atoms with Crippen molar-refractivity contribution in [2.75, 3.05) is 5.32 Å². The SMILES string of the molecule is Cc1ccc(F)cc1NC(=O)CCn1cnc(C)c(C)c1=O. The molecule has 2 aromatic rings. The van der Waals surface area contributed by atoms with Crippen LogP contribution < -0.4 is 10.9 Å². The van der Waals surface area contributed by atoms with Gasteiger partial charge in [0.15, 0.2) is 0 Å². The first kappa shape index (κ1) is 15.9. The minimum Gasteiger partial charge on any atom is -0.326 e. The monoisotopic (exact) mass is 303 g/mol. The van der Waals surface area contributed by atoms with Crippen LogP contribution in [0.1, 0.15) is 23.2 Å². The molecule has 0 atom stereocenters. The van der Waals surface area contributed by atoms with Crippen molar-refractivity contribution in [1.82, 2.24) is 9.55 Å². The van der Waals surface area contributed by atoms with Crippen molar-refractivity contribution in [1.29, 1.82) is 0 Å². The van der Waals surface area contributed by atoms with E-state index in [1.807, 2.05) is 0 Å². The minimum atomic E-state index is -0.407. The second-order valence-corrected chi connectivity index (χ2v) is 5.21. The molecule has 0 fully saturated rings. The maximum atomic E-state index is 13.2. The molecule has 1 heterocycles. The van der Waals surface area contributed by atoms with E-state index in [2.05, 4.69) is 10.3 Å². The van der Waals surface area contributed by atoms with E-state index >= 15 is 0 Å². The largest absolute Gasteiger partial charge is 0.326 e. The Bertz CT molecular complexity index is 768. The lowest BCUT2D eigenvalue weighted by molar-refractivity contribution is -0.116. The van der Waals surface area contributed by atoms with Crippen LogP contribution in [0.5, 0.6) is 0 Å². The molecule has 5 nitrogen and oxygen atoms in total. The Balaban J connectivity index is 2.03. The molecule has 0 unspecified atom stereocenters. The van der Waals surface area contributed by atoms with Gasteiger partial charge in [-0.1, -0.05) is 6.07 Å². The van der Waals surface area contributed by atoms with Gasteiger partial charge in [-0.15, -0.1) is 0 Å². The number of rotatable bonds is 4. The van der Waals surface area contributed by atoms with Crippen LogP contribution >= 0.6 is 0 Å². The summed E-state index contributed by atoms with van der Waals surface area (Å²) in [6.45, 7) is 5.48. The first-order valence-electron chi connectivity index (χ1n) is 6.97. The Labute approximate surface area is 127 Å². The molecule has 6 heteroatoms. The van der Waals surface area contributed by atoms with Crippen LogP contribution in [0, 0.1) is 26.6 Å². The molecule has 0 saturated carbocycles. The quantitative estimate of drug-likeness (QED) is 0.943. The first-order valence-corrected chi connectivity index (χ1v) is 6.97. The molecule has 2 rings (SSSR count). The molecular weight excluding hydrogens is 285 g/mol. The molecule has 1 aromatic heterocycles. The second-order valence-electron chi connectivity index (χ2n) is 5.21. The highest BCUT2D eigenvalue weighted by molar-refractivity contribution is 5.91. The average Bonchev–Trinajstić information content (AvgIpc) is 2.48. The molecule has 0 aliphatic carbocycles. The lowest BCUT2D eigenvalue weighted by atomic mass is 10.2. The predicted molar refractivity (Wildman–Crippen MR) is 82.4 cm³/mol. The summed E-state index contributed by atoms with van der Waals surface area (Å²) >= 11 is 0. The smallest absolute Gasteiger partial charge is 0.256 e. The summed E-state index contributed by atoms with van der Waals surface area (Å²) in [4.78, 5) is 28.1. The van der Waals surface area contributed by atoms with Gasteiger partial charge in [-0.25, -0.2) is 9.37 Å². The third kappa shape index (κ3) is 3.58. The number of carbonyl (C=O) groups excluding carboxylic acids is 1. The molecule has 0 aliphatic heterocycles. The summed E-state index contributed by atoms with van der Waals surface area (Å²) < 4.78 is 14.6. The second kappa shape index (κ2) is 6.51. The van der Waals surface area contributed by atoms with E-state index in [1.54, 1.807) is 26.8 Å². The number of aromatic nitrogens is 2. The number of halogens is 1. The maximum absolute atomic E-state index is 13.2. The first-order chi connectivity index (χ1) is 10.4. The fourth-order valence-corrected chi connectivity index (χ4v) is 2.00. The van der Waals surface area contributed by atoms with Gasteiger partial charge < -0.3 is 5.32 Å². The highest BCUT2D eigenvalue weighted by Gasteiger charge is 2.08. The van der Waals surface area contributed by atoms with Gasteiger partial charge in [0.05, 0.1) is 6.33 Å². The van der Waals surface area contributed by atoms with Gasteiger partial charge in [0.25, 0.3) is 5.56 Å². The van der Waals surface area contributed by atoms with E-state index in [9.17, 15) is 14.0 Å². The summed E-state index contributed by atoms with van der Waals surface area (Å²) in [5, 5.41) is 2.65. The van der Waals surface area contributed by atoms with E-state index in [4.69, 9.17) is 0 Å². The lowest BCUT2D eigenvalue weighted by Gasteiger charge is -2.10. The summed E-state index contributed by atoms with van der Waals surface area (Å²) in [6.07, 6.45) is 1.55. The van der Waals surface area contributed by atoms with Gasteiger partial charge in [-0.05, 0) is 38.5 Å². The minimum absolute atomic E-state index is 0.111. The zero-order valence-electron chi connectivity index (χ0n) is 12.8. The van der Waals surface area contributed by atoms with Crippen LogP contribution in [0.15, 0.2) is 29.3 Å². The summed E-state index contributed by atoms with van der Waals surface area (Å²) in [6, 6.07) is 4.21. The van der Waals surface area contributed by atoms with Crippen molar-refractivity contribution < 1.29 is 9.18 Å². The van der Waals surface area contributed by atoms with Crippen LogP contribution in [-0.4, -0.2) is 15.5 Å². The molecule has 0 saturated heterocycles. The third-order valence-corrected chi connectivity index (χ3v) is 3.57. The van der Waals surface area contributed by atoms with Crippen LogP contribution in [-0.2, 0) is 11.3 Å². The average molecular weight is 303 g/mol. The summed E-state index contributed by atoms with van der Waals surface area (Å²) in [7, 11) is 0. The van der Waals surface area contributed by atoms with Gasteiger partial charge in [0.1, 0.15) is 5.82 Å². The number of amides is 1. The fraction of sp³-hybridized carbons (Fsp3) is 0.312. The Morgan fingerprint density at radius 1 is 1.32 bits per heavy atom. The fourth-order valence-electron chi connectivity index (χ4n) is 2.00. The van der Waals surface area contributed by atoms with E-state index in [0.717, 1.165) is 5.56 Å². The molecule has 22 heavy (non-hydrogen) atoms. The number of hydrogen-bond acceptors (Lipinski definition) is 3. The van der Waals surface area contributed by atoms with Crippen LogP contribution in [0.25, 0.3) is 0 Å². The highest BCUT2D eigenvalue weighted by atomic mass is 19.1. The van der Waals surface area contributed by atoms with Crippen molar-refractivity contribution in [3.05, 3.63) is 57.5 Å². The Hall–Kier alpha value is -2.50. The number of hydrogen-bond donors (Lipinski definition) is 1.